The number of rotatable bonds is 10. The second kappa shape index (κ2) is 15.5. The summed E-state index contributed by atoms with van der Waals surface area (Å²) in [7, 11) is -2.39. The van der Waals surface area contributed by atoms with E-state index in [2.05, 4.69) is 20.8 Å². The first-order chi connectivity index (χ1) is 23.8. The topological polar surface area (TPSA) is 196 Å². The van der Waals surface area contributed by atoms with E-state index in [0.29, 0.717) is 50.3 Å². The van der Waals surface area contributed by atoms with Gasteiger partial charge in [-0.2, -0.15) is 4.31 Å². The lowest BCUT2D eigenvalue weighted by atomic mass is 9.93. The quantitative estimate of drug-likeness (QED) is 0.242. The Kier molecular flexibility index (Phi) is 11.3. The van der Waals surface area contributed by atoms with E-state index >= 15 is 0 Å². The van der Waals surface area contributed by atoms with Gasteiger partial charge in [-0.05, 0) is 80.3 Å². The highest BCUT2D eigenvalue weighted by Crippen LogP contribution is 2.38. The summed E-state index contributed by atoms with van der Waals surface area (Å²) in [5, 5.41) is 34.6. The molecule has 270 valence electrons. The molecule has 2 aromatic carbocycles. The molecule has 0 bridgehead atoms. The molecule has 2 fully saturated rings. The van der Waals surface area contributed by atoms with Crippen LogP contribution in [0.4, 0.5) is 4.79 Å². The van der Waals surface area contributed by atoms with Crippen molar-refractivity contribution >= 4 is 27.9 Å². The summed E-state index contributed by atoms with van der Waals surface area (Å²) in [6.07, 6.45) is 1.82. The van der Waals surface area contributed by atoms with Crippen molar-refractivity contribution in [1.29, 1.82) is 0 Å². The van der Waals surface area contributed by atoms with Crippen molar-refractivity contribution in [2.24, 2.45) is 11.8 Å². The van der Waals surface area contributed by atoms with Crippen molar-refractivity contribution in [3.63, 3.8) is 0 Å². The number of aromatic hydroxyl groups is 2. The second-order valence-corrected chi connectivity index (χ2v) is 14.9. The van der Waals surface area contributed by atoms with E-state index < -0.39 is 22.0 Å². The highest BCUT2D eigenvalue weighted by Gasteiger charge is 2.35. The fourth-order valence-electron chi connectivity index (χ4n) is 6.43. The van der Waals surface area contributed by atoms with Crippen LogP contribution in [0.25, 0.3) is 17.1 Å². The van der Waals surface area contributed by atoms with Gasteiger partial charge in [0.25, 0.3) is 5.91 Å². The zero-order valence-electron chi connectivity index (χ0n) is 28.8. The third-order valence-corrected chi connectivity index (χ3v) is 11.2. The first-order valence-corrected chi connectivity index (χ1v) is 18.3. The van der Waals surface area contributed by atoms with Gasteiger partial charge in [-0.1, -0.05) is 13.8 Å². The highest BCUT2D eigenvalue weighted by atomic mass is 32.2. The zero-order valence-corrected chi connectivity index (χ0v) is 29.6. The number of amides is 3. The number of phenolic OH excluding ortho intramolecular Hbond substituents is 2. The average molecular weight is 712 g/mol. The Morgan fingerprint density at radius 2 is 1.62 bits per heavy atom. The van der Waals surface area contributed by atoms with Crippen molar-refractivity contribution in [2.75, 3.05) is 46.4 Å². The summed E-state index contributed by atoms with van der Waals surface area (Å²) in [4.78, 5) is 39.5. The molecule has 3 amide bonds. The molecule has 2 saturated heterocycles. The first kappa shape index (κ1) is 36.6. The summed E-state index contributed by atoms with van der Waals surface area (Å²) >= 11 is 0. The Morgan fingerprint density at radius 1 is 0.960 bits per heavy atom. The molecule has 0 saturated carbocycles. The Morgan fingerprint density at radius 3 is 2.22 bits per heavy atom. The van der Waals surface area contributed by atoms with E-state index in [1.807, 2.05) is 18.7 Å². The standard InChI is InChI=1S/C34H45N7O8S/c1-5-36-32(44)31-38-37-30(27-18-26(21(2)3)28(42)19-29(27)43)41(31)24-6-8-25(9-7-24)50(47,48)40-16-12-23(13-17-40)33(45)39-14-10-22(11-15-39)20-49-34(46)35-4/h6-9,18-19,21-23,42-43H,5,10-17,20H2,1-4H3,(H,35,46)(H,36,44). The van der Waals surface area contributed by atoms with E-state index in [9.17, 15) is 33.0 Å². The van der Waals surface area contributed by atoms with Crippen LogP contribution in [0.5, 0.6) is 11.5 Å². The highest BCUT2D eigenvalue weighted by molar-refractivity contribution is 7.89. The summed E-state index contributed by atoms with van der Waals surface area (Å²) in [5.74, 6) is -0.905. The lowest BCUT2D eigenvalue weighted by Crippen LogP contribution is -2.47. The lowest BCUT2D eigenvalue weighted by molar-refractivity contribution is -0.138. The maximum atomic E-state index is 13.7. The minimum Gasteiger partial charge on any atom is -0.508 e. The number of hydrogen-bond acceptors (Lipinski definition) is 10. The number of hydrogen-bond donors (Lipinski definition) is 4. The maximum Gasteiger partial charge on any atom is 0.406 e. The first-order valence-electron chi connectivity index (χ1n) is 16.9. The summed E-state index contributed by atoms with van der Waals surface area (Å²) in [5.41, 5.74) is 1.19. The number of piperidine rings is 2. The molecule has 0 unspecified atom stereocenters. The molecule has 2 aliphatic rings. The SMILES string of the molecule is CCNC(=O)c1nnc(-c2cc(C(C)C)c(O)cc2O)n1-c1ccc(S(=O)(=O)N2CCC(C(=O)N3CCC(COC(=O)NC)CC3)CC2)cc1. The fraction of sp³-hybridized carbons (Fsp3) is 0.500. The van der Waals surface area contributed by atoms with Crippen LogP contribution in [0, 0.1) is 11.8 Å². The minimum atomic E-state index is -3.89. The van der Waals surface area contributed by atoms with Gasteiger partial charge in [-0.3, -0.25) is 14.2 Å². The van der Waals surface area contributed by atoms with Crippen LogP contribution in [-0.4, -0.2) is 107 Å². The van der Waals surface area contributed by atoms with Gasteiger partial charge in [0.15, 0.2) is 5.82 Å². The molecule has 0 aliphatic carbocycles. The molecule has 5 rings (SSSR count). The van der Waals surface area contributed by atoms with Gasteiger partial charge in [0.1, 0.15) is 11.5 Å². The third-order valence-electron chi connectivity index (χ3n) is 9.33. The largest absolute Gasteiger partial charge is 0.508 e. The molecule has 16 heteroatoms. The Labute approximate surface area is 291 Å². The minimum absolute atomic E-state index is 0.0323. The number of ether oxygens (including phenoxy) is 1. The number of carbonyl (C=O) groups excluding carboxylic acids is 3. The van der Waals surface area contributed by atoms with Crippen molar-refractivity contribution in [3.8, 4) is 28.6 Å². The molecule has 0 spiro atoms. The monoisotopic (exact) mass is 711 g/mol. The van der Waals surface area contributed by atoms with Crippen LogP contribution in [0.3, 0.4) is 0 Å². The van der Waals surface area contributed by atoms with E-state index in [1.54, 1.807) is 25.1 Å². The van der Waals surface area contributed by atoms with Crippen molar-refractivity contribution in [2.45, 2.75) is 57.3 Å². The number of carbonyl (C=O) groups is 3. The van der Waals surface area contributed by atoms with Crippen molar-refractivity contribution in [3.05, 3.63) is 47.8 Å². The zero-order chi connectivity index (χ0) is 36.2. The number of nitrogens with zero attached hydrogens (tertiary/aromatic N) is 5. The van der Waals surface area contributed by atoms with Crippen LogP contribution in [0.2, 0.25) is 0 Å². The van der Waals surface area contributed by atoms with Crippen LogP contribution < -0.4 is 10.6 Å². The van der Waals surface area contributed by atoms with E-state index in [0.717, 1.165) is 12.8 Å². The molecule has 2 aliphatic heterocycles. The van der Waals surface area contributed by atoms with Crippen molar-refractivity contribution in [1.82, 2.24) is 34.6 Å². The summed E-state index contributed by atoms with van der Waals surface area (Å²) in [6, 6.07) is 8.79. The van der Waals surface area contributed by atoms with Gasteiger partial charge in [0.05, 0.1) is 17.1 Å². The molecule has 0 radical (unpaired) electrons. The Hall–Kier alpha value is -4.70. The average Bonchev–Trinajstić information content (AvgIpc) is 3.55. The molecule has 0 atom stereocenters. The van der Waals surface area contributed by atoms with Crippen molar-refractivity contribution < 1.29 is 37.8 Å². The van der Waals surface area contributed by atoms with Crippen LogP contribution in [0.15, 0.2) is 41.3 Å². The number of likely N-dealkylation sites (tertiary alicyclic amines) is 1. The van der Waals surface area contributed by atoms with Gasteiger partial charge in [-0.15, -0.1) is 10.2 Å². The van der Waals surface area contributed by atoms with E-state index in [4.69, 9.17) is 4.74 Å². The molecule has 4 N–H and O–H groups in total. The fourth-order valence-corrected chi connectivity index (χ4v) is 7.90. The number of nitrogens with one attached hydrogen (secondary N) is 2. The third kappa shape index (κ3) is 7.70. The van der Waals surface area contributed by atoms with Gasteiger partial charge < -0.3 is 30.5 Å². The lowest BCUT2D eigenvalue weighted by Gasteiger charge is -2.36. The molecule has 15 nitrogen and oxygen atoms in total. The number of phenols is 2. The van der Waals surface area contributed by atoms with Gasteiger partial charge in [0.2, 0.25) is 21.8 Å². The number of benzene rings is 2. The van der Waals surface area contributed by atoms with Gasteiger partial charge in [0, 0.05) is 57.4 Å². The number of alkyl carbamates (subject to hydrolysis) is 1. The van der Waals surface area contributed by atoms with E-state index in [1.165, 1.54) is 34.1 Å². The van der Waals surface area contributed by atoms with Crippen LogP contribution in [-0.2, 0) is 19.6 Å². The summed E-state index contributed by atoms with van der Waals surface area (Å²) < 4.78 is 35.4. The molecular weight excluding hydrogens is 666 g/mol. The normalized spacial score (nSPS) is 16.4. The molecule has 3 aromatic rings. The number of sulfonamides is 1. The van der Waals surface area contributed by atoms with Crippen LogP contribution >= 0.6 is 0 Å². The van der Waals surface area contributed by atoms with E-state index in [-0.39, 0.29) is 70.4 Å². The smallest absolute Gasteiger partial charge is 0.406 e. The summed E-state index contributed by atoms with van der Waals surface area (Å²) in [6.45, 7) is 7.73. The van der Waals surface area contributed by atoms with Gasteiger partial charge >= 0.3 is 6.09 Å². The number of aromatic nitrogens is 3. The second-order valence-electron chi connectivity index (χ2n) is 12.9. The predicted octanol–water partition coefficient (Wildman–Crippen LogP) is 3.21. The maximum absolute atomic E-state index is 13.7. The molecular formula is C34H45N7O8S. The van der Waals surface area contributed by atoms with Gasteiger partial charge in [-0.25, -0.2) is 13.2 Å². The predicted molar refractivity (Wildman–Crippen MR) is 183 cm³/mol. The molecule has 1 aromatic heterocycles. The molecule has 50 heavy (non-hydrogen) atoms. The Balaban J connectivity index is 1.30. The van der Waals surface area contributed by atoms with Crippen LogP contribution in [0.1, 0.15) is 68.6 Å². The Bertz CT molecular complexity index is 1810. The molecule has 3 heterocycles.